The van der Waals surface area contributed by atoms with E-state index in [4.69, 9.17) is 9.47 Å². The standard InChI is InChI=1S/C14H22N2O3/c1-12(17)13-5-6-15-14(11-13)16(8-10-19-3)7-4-9-18-2/h5-6,11H,4,7-10H2,1-3H3. The molecule has 0 aliphatic rings. The minimum Gasteiger partial charge on any atom is -0.385 e. The monoisotopic (exact) mass is 266 g/mol. The summed E-state index contributed by atoms with van der Waals surface area (Å²) in [5, 5.41) is 0. The maximum atomic E-state index is 11.4. The van der Waals surface area contributed by atoms with E-state index in [0.717, 1.165) is 25.3 Å². The lowest BCUT2D eigenvalue weighted by Crippen LogP contribution is -2.30. The Morgan fingerprint density at radius 1 is 1.26 bits per heavy atom. The van der Waals surface area contributed by atoms with Gasteiger partial charge in [-0.05, 0) is 25.5 Å². The normalized spacial score (nSPS) is 10.5. The first-order valence-corrected chi connectivity index (χ1v) is 6.39. The Kier molecular flexibility index (Phi) is 7.07. The Labute approximate surface area is 114 Å². The lowest BCUT2D eigenvalue weighted by molar-refractivity contribution is 0.101. The molecule has 5 heteroatoms. The third kappa shape index (κ3) is 5.36. The van der Waals surface area contributed by atoms with Gasteiger partial charge < -0.3 is 14.4 Å². The summed E-state index contributed by atoms with van der Waals surface area (Å²) < 4.78 is 10.2. The lowest BCUT2D eigenvalue weighted by Gasteiger charge is -2.23. The van der Waals surface area contributed by atoms with Crippen LogP contribution in [0.2, 0.25) is 0 Å². The minimum atomic E-state index is 0.0484. The van der Waals surface area contributed by atoms with Crippen LogP contribution in [-0.4, -0.2) is 51.3 Å². The average molecular weight is 266 g/mol. The van der Waals surface area contributed by atoms with Crippen molar-refractivity contribution in [3.63, 3.8) is 0 Å². The van der Waals surface area contributed by atoms with E-state index >= 15 is 0 Å². The van der Waals surface area contributed by atoms with E-state index < -0.39 is 0 Å². The van der Waals surface area contributed by atoms with Gasteiger partial charge in [0.05, 0.1) is 6.61 Å². The molecular weight excluding hydrogens is 244 g/mol. The van der Waals surface area contributed by atoms with Crippen molar-refractivity contribution < 1.29 is 14.3 Å². The van der Waals surface area contributed by atoms with Gasteiger partial charge in [-0.15, -0.1) is 0 Å². The zero-order valence-corrected chi connectivity index (χ0v) is 11.9. The van der Waals surface area contributed by atoms with Crippen LogP contribution < -0.4 is 4.90 Å². The van der Waals surface area contributed by atoms with Gasteiger partial charge in [0.2, 0.25) is 0 Å². The van der Waals surface area contributed by atoms with Crippen molar-refractivity contribution in [1.82, 2.24) is 4.98 Å². The van der Waals surface area contributed by atoms with Crippen molar-refractivity contribution in [2.75, 3.05) is 45.4 Å². The summed E-state index contributed by atoms with van der Waals surface area (Å²) in [6, 6.07) is 3.56. The molecule has 1 aromatic heterocycles. The van der Waals surface area contributed by atoms with Crippen LogP contribution in [0.3, 0.4) is 0 Å². The molecule has 0 fully saturated rings. The first-order valence-electron chi connectivity index (χ1n) is 6.39. The van der Waals surface area contributed by atoms with Crippen LogP contribution in [0.1, 0.15) is 23.7 Å². The van der Waals surface area contributed by atoms with Crippen LogP contribution in [0.4, 0.5) is 5.82 Å². The number of carbonyl (C=O) groups is 1. The highest BCUT2D eigenvalue weighted by Crippen LogP contribution is 2.13. The summed E-state index contributed by atoms with van der Waals surface area (Å²) in [7, 11) is 3.36. The number of Topliss-reactive ketones (excluding diaryl/α,β-unsaturated/α-hetero) is 1. The lowest BCUT2D eigenvalue weighted by atomic mass is 10.2. The molecule has 0 aromatic carbocycles. The molecule has 0 N–H and O–H groups in total. The quantitative estimate of drug-likeness (QED) is 0.503. The predicted octanol–water partition coefficient (Wildman–Crippen LogP) is 1.77. The van der Waals surface area contributed by atoms with Crippen molar-refractivity contribution in [1.29, 1.82) is 0 Å². The predicted molar refractivity (Wildman–Crippen MR) is 74.8 cm³/mol. The van der Waals surface area contributed by atoms with E-state index in [0.29, 0.717) is 18.8 Å². The van der Waals surface area contributed by atoms with Gasteiger partial charge in [0.25, 0.3) is 0 Å². The third-order valence-electron chi connectivity index (χ3n) is 2.82. The van der Waals surface area contributed by atoms with E-state index in [-0.39, 0.29) is 5.78 Å². The number of aromatic nitrogens is 1. The number of hydrogen-bond acceptors (Lipinski definition) is 5. The van der Waals surface area contributed by atoms with Crippen LogP contribution >= 0.6 is 0 Å². The zero-order valence-electron chi connectivity index (χ0n) is 11.9. The Balaban J connectivity index is 2.76. The average Bonchev–Trinajstić information content (AvgIpc) is 2.43. The number of anilines is 1. The summed E-state index contributed by atoms with van der Waals surface area (Å²) in [6.07, 6.45) is 2.58. The second kappa shape index (κ2) is 8.61. The van der Waals surface area contributed by atoms with E-state index in [2.05, 4.69) is 9.88 Å². The number of pyridine rings is 1. The molecule has 0 saturated carbocycles. The van der Waals surface area contributed by atoms with Gasteiger partial charge in [0.15, 0.2) is 5.78 Å². The number of hydrogen-bond donors (Lipinski definition) is 0. The molecule has 0 unspecified atom stereocenters. The summed E-state index contributed by atoms with van der Waals surface area (Å²) in [4.78, 5) is 17.8. The number of rotatable bonds is 9. The molecule has 0 spiro atoms. The summed E-state index contributed by atoms with van der Waals surface area (Å²) >= 11 is 0. The molecule has 1 rings (SSSR count). The minimum absolute atomic E-state index is 0.0484. The van der Waals surface area contributed by atoms with Crippen molar-refractivity contribution in [3.8, 4) is 0 Å². The molecule has 106 valence electrons. The van der Waals surface area contributed by atoms with Gasteiger partial charge in [0.1, 0.15) is 5.82 Å². The zero-order chi connectivity index (χ0) is 14.1. The van der Waals surface area contributed by atoms with Gasteiger partial charge in [-0.2, -0.15) is 0 Å². The number of carbonyl (C=O) groups excluding carboxylic acids is 1. The van der Waals surface area contributed by atoms with Gasteiger partial charge in [-0.3, -0.25) is 4.79 Å². The fraction of sp³-hybridized carbons (Fsp3) is 0.571. The third-order valence-corrected chi connectivity index (χ3v) is 2.82. The highest BCUT2D eigenvalue weighted by molar-refractivity contribution is 5.94. The summed E-state index contributed by atoms with van der Waals surface area (Å²) in [6.45, 7) is 4.46. The van der Waals surface area contributed by atoms with Crippen molar-refractivity contribution in [2.45, 2.75) is 13.3 Å². The maximum absolute atomic E-state index is 11.4. The molecule has 0 bridgehead atoms. The Morgan fingerprint density at radius 2 is 2.00 bits per heavy atom. The van der Waals surface area contributed by atoms with Gasteiger partial charge in [-0.1, -0.05) is 0 Å². The second-order valence-corrected chi connectivity index (χ2v) is 4.29. The molecule has 0 saturated heterocycles. The molecular formula is C14H22N2O3. The van der Waals surface area contributed by atoms with Gasteiger partial charge in [-0.25, -0.2) is 4.98 Å². The topological polar surface area (TPSA) is 51.7 Å². The van der Waals surface area contributed by atoms with Crippen LogP contribution in [-0.2, 0) is 9.47 Å². The molecule has 0 radical (unpaired) electrons. The highest BCUT2D eigenvalue weighted by atomic mass is 16.5. The van der Waals surface area contributed by atoms with E-state index in [9.17, 15) is 4.79 Å². The summed E-state index contributed by atoms with van der Waals surface area (Å²) in [5.74, 6) is 0.855. The van der Waals surface area contributed by atoms with Crippen molar-refractivity contribution >= 4 is 11.6 Å². The fourth-order valence-corrected chi connectivity index (χ4v) is 1.75. The number of nitrogens with zero attached hydrogens (tertiary/aromatic N) is 2. The second-order valence-electron chi connectivity index (χ2n) is 4.29. The number of ketones is 1. The Bertz CT molecular complexity index is 396. The largest absolute Gasteiger partial charge is 0.385 e. The molecule has 19 heavy (non-hydrogen) atoms. The molecule has 0 aliphatic carbocycles. The Morgan fingerprint density at radius 3 is 2.63 bits per heavy atom. The van der Waals surface area contributed by atoms with Gasteiger partial charge in [0, 0.05) is 45.7 Å². The molecule has 0 amide bonds. The Hall–Kier alpha value is -1.46. The van der Waals surface area contributed by atoms with Gasteiger partial charge >= 0.3 is 0 Å². The highest BCUT2D eigenvalue weighted by Gasteiger charge is 2.09. The number of methoxy groups -OCH3 is 2. The van der Waals surface area contributed by atoms with Crippen LogP contribution in [0.5, 0.6) is 0 Å². The SMILES string of the molecule is COCCCN(CCOC)c1cc(C(C)=O)ccn1. The van der Waals surface area contributed by atoms with E-state index in [1.807, 2.05) is 6.07 Å². The number of ether oxygens (including phenoxy) is 2. The molecule has 0 aliphatic heterocycles. The van der Waals surface area contributed by atoms with E-state index in [1.165, 1.54) is 0 Å². The van der Waals surface area contributed by atoms with Crippen molar-refractivity contribution in [2.24, 2.45) is 0 Å². The maximum Gasteiger partial charge on any atom is 0.159 e. The van der Waals surface area contributed by atoms with Crippen LogP contribution in [0.25, 0.3) is 0 Å². The molecule has 1 heterocycles. The first kappa shape index (κ1) is 15.6. The van der Waals surface area contributed by atoms with Crippen LogP contribution in [0.15, 0.2) is 18.3 Å². The van der Waals surface area contributed by atoms with E-state index in [1.54, 1.807) is 33.4 Å². The smallest absolute Gasteiger partial charge is 0.159 e. The van der Waals surface area contributed by atoms with Crippen molar-refractivity contribution in [3.05, 3.63) is 23.9 Å². The fourth-order valence-electron chi connectivity index (χ4n) is 1.75. The summed E-state index contributed by atoms with van der Waals surface area (Å²) in [5.41, 5.74) is 0.680. The first-order chi connectivity index (χ1) is 9.19. The van der Waals surface area contributed by atoms with Crippen LogP contribution in [0, 0.1) is 0 Å². The molecule has 0 atom stereocenters. The molecule has 1 aromatic rings. The molecule has 5 nitrogen and oxygen atoms in total.